The number of carbonyl (C=O) groups excluding carboxylic acids is 1. The Morgan fingerprint density at radius 1 is 1.03 bits per heavy atom. The summed E-state index contributed by atoms with van der Waals surface area (Å²) in [5, 5.41) is 0. The molecule has 1 aliphatic heterocycles. The summed E-state index contributed by atoms with van der Waals surface area (Å²) in [4.78, 5) is 11.4. The molecule has 0 aliphatic carbocycles. The maximum atomic E-state index is 13.8. The largest absolute Gasteiger partial charge is 0.487 e. The fourth-order valence-electron chi connectivity index (χ4n) is 5.31. The van der Waals surface area contributed by atoms with Crippen LogP contribution >= 0.6 is 0 Å². The Kier molecular flexibility index (Phi) is 11.2. The van der Waals surface area contributed by atoms with Gasteiger partial charge in [-0.05, 0) is 93.9 Å². The average molecular weight is 513 g/mol. The molecule has 0 saturated heterocycles. The zero-order valence-electron chi connectivity index (χ0n) is 23.4. The van der Waals surface area contributed by atoms with E-state index in [1.54, 1.807) is 0 Å². The van der Waals surface area contributed by atoms with Crippen molar-refractivity contribution < 1.29 is 27.4 Å². The van der Waals surface area contributed by atoms with Crippen LogP contribution in [0.1, 0.15) is 116 Å². The van der Waals surface area contributed by atoms with E-state index in [1.807, 2.05) is 26.8 Å². The molecule has 0 radical (unpaired) electrons. The SMILES string of the molecule is CC(=O)Oc1cc2c(c(C)c1C)OC(C)(CCCC(CCCC(C)CCCC(C)C)C(F)(F)F)CC2. The Bertz CT molecular complexity index is 862. The first-order valence-electron chi connectivity index (χ1n) is 13.8. The second kappa shape index (κ2) is 13.2. The van der Waals surface area contributed by atoms with Gasteiger partial charge in [-0.25, -0.2) is 0 Å². The highest BCUT2D eigenvalue weighted by Crippen LogP contribution is 2.43. The molecule has 36 heavy (non-hydrogen) atoms. The first kappa shape index (κ1) is 30.5. The van der Waals surface area contributed by atoms with Crippen LogP contribution in [0.15, 0.2) is 6.07 Å². The predicted octanol–water partition coefficient (Wildman–Crippen LogP) is 9.29. The second-order valence-corrected chi connectivity index (χ2v) is 11.8. The van der Waals surface area contributed by atoms with Crippen LogP contribution in [-0.2, 0) is 11.2 Å². The Balaban J connectivity index is 1.90. The molecule has 0 fully saturated rings. The summed E-state index contributed by atoms with van der Waals surface area (Å²) in [6.45, 7) is 13.8. The molecule has 3 unspecified atom stereocenters. The van der Waals surface area contributed by atoms with E-state index in [1.165, 1.54) is 13.3 Å². The summed E-state index contributed by atoms with van der Waals surface area (Å²) >= 11 is 0. The highest BCUT2D eigenvalue weighted by atomic mass is 19.4. The number of alkyl halides is 3. The van der Waals surface area contributed by atoms with Crippen LogP contribution in [0, 0.1) is 31.6 Å². The maximum Gasteiger partial charge on any atom is 0.391 e. The molecule has 0 saturated carbocycles. The zero-order chi connectivity index (χ0) is 27.1. The van der Waals surface area contributed by atoms with Crippen LogP contribution in [-0.4, -0.2) is 17.7 Å². The second-order valence-electron chi connectivity index (χ2n) is 11.8. The quantitative estimate of drug-likeness (QED) is 0.195. The van der Waals surface area contributed by atoms with Gasteiger partial charge in [0.15, 0.2) is 0 Å². The summed E-state index contributed by atoms with van der Waals surface area (Å²) < 4.78 is 53.0. The van der Waals surface area contributed by atoms with E-state index in [4.69, 9.17) is 9.47 Å². The molecule has 2 rings (SSSR count). The number of esters is 1. The van der Waals surface area contributed by atoms with Crippen molar-refractivity contribution in [2.45, 2.75) is 131 Å². The van der Waals surface area contributed by atoms with Crippen LogP contribution < -0.4 is 9.47 Å². The fourth-order valence-corrected chi connectivity index (χ4v) is 5.31. The molecule has 3 nitrogen and oxygen atoms in total. The Morgan fingerprint density at radius 2 is 1.64 bits per heavy atom. The van der Waals surface area contributed by atoms with Crippen LogP contribution in [0.25, 0.3) is 0 Å². The molecule has 3 atom stereocenters. The number of fused-ring (bicyclic) bond motifs is 1. The number of rotatable bonds is 13. The Hall–Kier alpha value is -1.72. The summed E-state index contributed by atoms with van der Waals surface area (Å²) in [6, 6.07) is 1.86. The van der Waals surface area contributed by atoms with Crippen molar-refractivity contribution in [3.63, 3.8) is 0 Å². The van der Waals surface area contributed by atoms with Gasteiger partial charge >= 0.3 is 12.1 Å². The van der Waals surface area contributed by atoms with Gasteiger partial charge in [0.2, 0.25) is 0 Å². The average Bonchev–Trinajstić information content (AvgIpc) is 2.75. The number of aryl methyl sites for hydroxylation is 1. The number of carbonyl (C=O) groups is 1. The molecular weight excluding hydrogens is 465 g/mol. The highest BCUT2D eigenvalue weighted by Gasteiger charge is 2.40. The smallest absolute Gasteiger partial charge is 0.391 e. The van der Waals surface area contributed by atoms with E-state index in [2.05, 4.69) is 20.8 Å². The molecule has 0 N–H and O–H groups in total. The molecular formula is C30H47F3O3. The van der Waals surface area contributed by atoms with Crippen LogP contribution in [0.4, 0.5) is 13.2 Å². The minimum Gasteiger partial charge on any atom is -0.487 e. The maximum absolute atomic E-state index is 13.8. The molecule has 0 spiro atoms. The minimum atomic E-state index is -4.15. The topological polar surface area (TPSA) is 35.5 Å². The number of halogens is 3. The summed E-state index contributed by atoms with van der Waals surface area (Å²) in [7, 11) is 0. The third-order valence-corrected chi connectivity index (χ3v) is 7.84. The van der Waals surface area contributed by atoms with Crippen molar-refractivity contribution in [2.75, 3.05) is 0 Å². The van der Waals surface area contributed by atoms with Crippen molar-refractivity contribution in [2.24, 2.45) is 17.8 Å². The summed E-state index contributed by atoms with van der Waals surface area (Å²) in [5.41, 5.74) is 2.27. The van der Waals surface area contributed by atoms with Gasteiger partial charge in [0.25, 0.3) is 0 Å². The van der Waals surface area contributed by atoms with E-state index in [-0.39, 0.29) is 18.8 Å². The molecule has 1 heterocycles. The molecule has 6 heteroatoms. The van der Waals surface area contributed by atoms with E-state index in [0.29, 0.717) is 36.8 Å². The standard InChI is InChI=1S/C30H47F3O3/c1-20(2)11-8-12-21(3)13-9-14-26(30(31,32)33)15-10-17-29(7)18-16-25-19-27(35-24(6)34)22(4)23(5)28(25)36-29/h19-21,26H,8-18H2,1-7H3. The minimum absolute atomic E-state index is 0.153. The number of ether oxygens (including phenoxy) is 2. The molecule has 0 amide bonds. The third-order valence-electron chi connectivity index (χ3n) is 7.84. The van der Waals surface area contributed by atoms with Gasteiger partial charge in [-0.1, -0.05) is 52.9 Å². The van der Waals surface area contributed by atoms with Crippen molar-refractivity contribution in [3.05, 3.63) is 22.8 Å². The predicted molar refractivity (Wildman–Crippen MR) is 140 cm³/mol. The van der Waals surface area contributed by atoms with Gasteiger partial charge in [-0.15, -0.1) is 0 Å². The molecule has 1 aromatic rings. The highest BCUT2D eigenvalue weighted by molar-refractivity contribution is 5.70. The van der Waals surface area contributed by atoms with E-state index >= 15 is 0 Å². The Morgan fingerprint density at radius 3 is 2.22 bits per heavy atom. The lowest BCUT2D eigenvalue weighted by molar-refractivity contribution is -0.179. The van der Waals surface area contributed by atoms with Crippen molar-refractivity contribution >= 4 is 5.97 Å². The van der Waals surface area contributed by atoms with Gasteiger partial charge in [0.1, 0.15) is 17.1 Å². The van der Waals surface area contributed by atoms with Crippen LogP contribution in [0.3, 0.4) is 0 Å². The van der Waals surface area contributed by atoms with Gasteiger partial charge in [0, 0.05) is 6.92 Å². The van der Waals surface area contributed by atoms with Crippen LogP contribution in [0.2, 0.25) is 0 Å². The van der Waals surface area contributed by atoms with Crippen molar-refractivity contribution in [1.29, 1.82) is 0 Å². The Labute approximate surface area is 216 Å². The molecule has 1 aliphatic rings. The lowest BCUT2D eigenvalue weighted by Gasteiger charge is -2.37. The first-order valence-corrected chi connectivity index (χ1v) is 13.8. The van der Waals surface area contributed by atoms with E-state index < -0.39 is 17.7 Å². The lowest BCUT2D eigenvalue weighted by Crippen LogP contribution is -2.37. The lowest BCUT2D eigenvalue weighted by atomic mass is 9.84. The van der Waals surface area contributed by atoms with Crippen LogP contribution in [0.5, 0.6) is 11.5 Å². The van der Waals surface area contributed by atoms with E-state index in [9.17, 15) is 18.0 Å². The van der Waals surface area contributed by atoms with Crippen molar-refractivity contribution in [3.8, 4) is 11.5 Å². The van der Waals surface area contributed by atoms with Gasteiger partial charge in [-0.2, -0.15) is 13.2 Å². The monoisotopic (exact) mass is 512 g/mol. The first-order chi connectivity index (χ1) is 16.7. The normalized spacial score (nSPS) is 19.5. The third kappa shape index (κ3) is 9.30. The van der Waals surface area contributed by atoms with E-state index in [0.717, 1.165) is 54.5 Å². The summed E-state index contributed by atoms with van der Waals surface area (Å²) in [5.74, 6) is 0.903. The van der Waals surface area contributed by atoms with Gasteiger partial charge < -0.3 is 9.47 Å². The molecule has 0 bridgehead atoms. The number of hydrogen-bond donors (Lipinski definition) is 0. The molecule has 1 aromatic carbocycles. The number of hydrogen-bond acceptors (Lipinski definition) is 3. The van der Waals surface area contributed by atoms with Gasteiger partial charge in [-0.3, -0.25) is 4.79 Å². The fraction of sp³-hybridized carbons (Fsp3) is 0.767. The molecule has 206 valence electrons. The zero-order valence-corrected chi connectivity index (χ0v) is 23.4. The van der Waals surface area contributed by atoms with Crippen molar-refractivity contribution in [1.82, 2.24) is 0 Å². The van der Waals surface area contributed by atoms with Gasteiger partial charge in [0.05, 0.1) is 5.92 Å². The summed E-state index contributed by atoms with van der Waals surface area (Å²) in [6.07, 6.45) is 3.74. The molecule has 0 aromatic heterocycles. The number of benzene rings is 1.